The van der Waals surface area contributed by atoms with Gasteiger partial charge in [0.05, 0.1) is 25.8 Å². The first-order valence-corrected chi connectivity index (χ1v) is 8.12. The van der Waals surface area contributed by atoms with Gasteiger partial charge in [-0.1, -0.05) is 13.8 Å². The van der Waals surface area contributed by atoms with Crippen LogP contribution in [0.3, 0.4) is 0 Å². The van der Waals surface area contributed by atoms with Crippen molar-refractivity contribution in [1.29, 1.82) is 0 Å². The number of carbonyl (C=O) groups is 1. The number of nitrogens with zero attached hydrogens (tertiary/aromatic N) is 3. The Kier molecular flexibility index (Phi) is 5.97. The van der Waals surface area contributed by atoms with Gasteiger partial charge in [0.25, 0.3) is 0 Å². The van der Waals surface area contributed by atoms with Crippen LogP contribution in [0.15, 0.2) is 12.4 Å². The maximum absolute atomic E-state index is 12.7. The molecule has 1 aromatic rings. The van der Waals surface area contributed by atoms with Gasteiger partial charge in [-0.25, -0.2) is 4.98 Å². The van der Waals surface area contributed by atoms with Crippen LogP contribution in [-0.4, -0.2) is 52.7 Å². The summed E-state index contributed by atoms with van der Waals surface area (Å²) in [7, 11) is 0. The number of rotatable bonds is 6. The van der Waals surface area contributed by atoms with E-state index in [1.807, 2.05) is 17.3 Å². The van der Waals surface area contributed by atoms with E-state index in [2.05, 4.69) is 42.6 Å². The number of amides is 1. The van der Waals surface area contributed by atoms with Crippen LogP contribution in [0.5, 0.6) is 0 Å². The Hall–Kier alpha value is -1.40. The lowest BCUT2D eigenvalue weighted by Gasteiger charge is -2.32. The highest BCUT2D eigenvalue weighted by Gasteiger charge is 2.28. The molecule has 0 aromatic carbocycles. The average molecular weight is 308 g/mol. The maximum atomic E-state index is 12.7. The monoisotopic (exact) mass is 308 g/mol. The molecular formula is C16H28N4O2. The number of morpholine rings is 1. The molecule has 1 aliphatic heterocycles. The van der Waals surface area contributed by atoms with E-state index in [0.717, 1.165) is 5.82 Å². The van der Waals surface area contributed by atoms with Crippen molar-refractivity contribution in [2.45, 2.75) is 46.3 Å². The summed E-state index contributed by atoms with van der Waals surface area (Å²) in [5, 5.41) is 3.40. The van der Waals surface area contributed by atoms with Crippen LogP contribution in [-0.2, 0) is 16.1 Å². The highest BCUT2D eigenvalue weighted by molar-refractivity contribution is 5.82. The molecule has 1 atom stereocenters. The zero-order valence-electron chi connectivity index (χ0n) is 14.1. The molecule has 6 heteroatoms. The summed E-state index contributed by atoms with van der Waals surface area (Å²) in [6, 6.07) is 0.183. The van der Waals surface area contributed by atoms with Crippen LogP contribution < -0.4 is 5.32 Å². The van der Waals surface area contributed by atoms with Crippen molar-refractivity contribution in [3.05, 3.63) is 18.2 Å². The fourth-order valence-electron chi connectivity index (χ4n) is 2.74. The first kappa shape index (κ1) is 17.0. The number of ether oxygens (including phenoxy) is 1. The van der Waals surface area contributed by atoms with Crippen molar-refractivity contribution < 1.29 is 9.53 Å². The molecule has 0 spiro atoms. The summed E-state index contributed by atoms with van der Waals surface area (Å²) >= 11 is 0. The molecule has 2 heterocycles. The Balaban J connectivity index is 1.99. The number of carbonyl (C=O) groups excluding carboxylic acids is 1. The van der Waals surface area contributed by atoms with Gasteiger partial charge in [0, 0.05) is 31.5 Å². The molecule has 0 bridgehead atoms. The fourth-order valence-corrected chi connectivity index (χ4v) is 2.74. The van der Waals surface area contributed by atoms with Crippen molar-refractivity contribution >= 4 is 5.91 Å². The molecule has 1 amide bonds. The zero-order chi connectivity index (χ0) is 16.1. The summed E-state index contributed by atoms with van der Waals surface area (Å²) in [6.45, 7) is 11.6. The van der Waals surface area contributed by atoms with Crippen molar-refractivity contribution in [3.8, 4) is 0 Å². The summed E-state index contributed by atoms with van der Waals surface area (Å²) in [5.74, 6) is 1.37. The van der Waals surface area contributed by atoms with Gasteiger partial charge in [0.2, 0.25) is 5.91 Å². The highest BCUT2D eigenvalue weighted by atomic mass is 16.5. The molecule has 2 rings (SSSR count). The molecule has 6 nitrogen and oxygen atoms in total. The zero-order valence-corrected chi connectivity index (χ0v) is 14.1. The first-order valence-electron chi connectivity index (χ1n) is 8.12. The third-order valence-corrected chi connectivity index (χ3v) is 4.04. The van der Waals surface area contributed by atoms with Gasteiger partial charge in [-0.3, -0.25) is 10.1 Å². The lowest BCUT2D eigenvalue weighted by Crippen LogP contribution is -2.52. The quantitative estimate of drug-likeness (QED) is 0.864. The minimum atomic E-state index is -0.185. The average Bonchev–Trinajstić information content (AvgIpc) is 2.96. The molecule has 0 radical (unpaired) electrons. The van der Waals surface area contributed by atoms with Crippen molar-refractivity contribution in [2.24, 2.45) is 5.92 Å². The largest absolute Gasteiger partial charge is 0.378 e. The Bertz CT molecular complexity index is 478. The fraction of sp³-hybridized carbons (Fsp3) is 0.750. The Morgan fingerprint density at radius 2 is 2.00 bits per heavy atom. The minimum absolute atomic E-state index is 0.168. The standard InChI is InChI=1S/C16H28N4O2/c1-12(2)15(16(21)19-7-9-22-10-8-19)18-11-14-17-5-6-20(14)13(3)4/h5-6,12-13,15,18H,7-11H2,1-4H3/t15-/m1/s1. The smallest absolute Gasteiger partial charge is 0.240 e. The molecule has 0 aliphatic carbocycles. The lowest BCUT2D eigenvalue weighted by molar-refractivity contribution is -0.138. The van der Waals surface area contributed by atoms with E-state index in [-0.39, 0.29) is 17.9 Å². The van der Waals surface area contributed by atoms with E-state index in [4.69, 9.17) is 4.74 Å². The predicted molar refractivity (Wildman–Crippen MR) is 85.5 cm³/mol. The Morgan fingerprint density at radius 1 is 1.32 bits per heavy atom. The predicted octanol–water partition coefficient (Wildman–Crippen LogP) is 1.44. The number of aromatic nitrogens is 2. The second-order valence-electron chi connectivity index (χ2n) is 6.38. The van der Waals surface area contributed by atoms with E-state index in [9.17, 15) is 4.79 Å². The molecular weight excluding hydrogens is 280 g/mol. The van der Waals surface area contributed by atoms with E-state index < -0.39 is 0 Å². The number of nitrogens with one attached hydrogen (secondary N) is 1. The molecule has 0 unspecified atom stereocenters. The van der Waals surface area contributed by atoms with Gasteiger partial charge in [-0.15, -0.1) is 0 Å². The van der Waals surface area contributed by atoms with Gasteiger partial charge < -0.3 is 14.2 Å². The summed E-state index contributed by atoms with van der Waals surface area (Å²) in [4.78, 5) is 19.0. The van der Waals surface area contributed by atoms with Crippen LogP contribution in [0.25, 0.3) is 0 Å². The van der Waals surface area contributed by atoms with Gasteiger partial charge >= 0.3 is 0 Å². The molecule has 124 valence electrons. The second-order valence-corrected chi connectivity index (χ2v) is 6.38. The molecule has 1 aromatic heterocycles. The SMILES string of the molecule is CC(C)[C@@H](NCc1nccn1C(C)C)C(=O)N1CCOCC1. The molecule has 22 heavy (non-hydrogen) atoms. The molecule has 1 aliphatic rings. The van der Waals surface area contributed by atoms with Crippen LogP contribution in [0.1, 0.15) is 39.6 Å². The van der Waals surface area contributed by atoms with Crippen LogP contribution in [0.2, 0.25) is 0 Å². The lowest BCUT2D eigenvalue weighted by atomic mass is 10.0. The van der Waals surface area contributed by atoms with E-state index in [1.54, 1.807) is 0 Å². The molecule has 1 N–H and O–H groups in total. The van der Waals surface area contributed by atoms with Crippen LogP contribution in [0.4, 0.5) is 0 Å². The summed E-state index contributed by atoms with van der Waals surface area (Å²) in [6.07, 6.45) is 3.79. The van der Waals surface area contributed by atoms with Crippen LogP contribution in [0, 0.1) is 5.92 Å². The molecule has 0 saturated carbocycles. The summed E-state index contributed by atoms with van der Waals surface area (Å²) in [5.41, 5.74) is 0. The minimum Gasteiger partial charge on any atom is -0.378 e. The van der Waals surface area contributed by atoms with Crippen LogP contribution >= 0.6 is 0 Å². The highest BCUT2D eigenvalue weighted by Crippen LogP contribution is 2.11. The van der Waals surface area contributed by atoms with E-state index in [1.165, 1.54) is 0 Å². The van der Waals surface area contributed by atoms with E-state index in [0.29, 0.717) is 38.9 Å². The summed E-state index contributed by atoms with van der Waals surface area (Å²) < 4.78 is 7.45. The van der Waals surface area contributed by atoms with Gasteiger partial charge in [0.15, 0.2) is 0 Å². The first-order chi connectivity index (χ1) is 10.5. The van der Waals surface area contributed by atoms with Crippen molar-refractivity contribution in [2.75, 3.05) is 26.3 Å². The second kappa shape index (κ2) is 7.74. The Morgan fingerprint density at radius 3 is 2.59 bits per heavy atom. The molecule has 1 saturated heterocycles. The van der Waals surface area contributed by atoms with Crippen molar-refractivity contribution in [3.63, 3.8) is 0 Å². The number of hydrogen-bond donors (Lipinski definition) is 1. The topological polar surface area (TPSA) is 59.4 Å². The number of hydrogen-bond acceptors (Lipinski definition) is 4. The van der Waals surface area contributed by atoms with Crippen molar-refractivity contribution in [1.82, 2.24) is 19.8 Å². The number of imidazole rings is 1. The molecule has 1 fully saturated rings. The Labute approximate surface area is 132 Å². The maximum Gasteiger partial charge on any atom is 0.240 e. The van der Waals surface area contributed by atoms with Gasteiger partial charge in [-0.2, -0.15) is 0 Å². The van der Waals surface area contributed by atoms with E-state index >= 15 is 0 Å². The normalized spacial score (nSPS) is 17.3. The third kappa shape index (κ3) is 4.08. The third-order valence-electron chi connectivity index (χ3n) is 4.04. The van der Waals surface area contributed by atoms with Gasteiger partial charge in [-0.05, 0) is 19.8 Å². The van der Waals surface area contributed by atoms with Gasteiger partial charge in [0.1, 0.15) is 5.82 Å².